The van der Waals surface area contributed by atoms with Gasteiger partial charge in [0.05, 0.1) is 18.2 Å². The lowest BCUT2D eigenvalue weighted by atomic mass is 10.2. The van der Waals surface area contributed by atoms with Crippen LogP contribution in [-0.2, 0) is 11.3 Å². The molecular formula is C20H21FN4O. The minimum atomic E-state index is -0.278. The molecule has 0 bridgehead atoms. The van der Waals surface area contributed by atoms with Gasteiger partial charge >= 0.3 is 0 Å². The summed E-state index contributed by atoms with van der Waals surface area (Å²) in [7, 11) is 0. The van der Waals surface area contributed by atoms with Gasteiger partial charge in [-0.25, -0.2) is 14.4 Å². The maximum Gasteiger partial charge on any atom is 0.128 e. The molecule has 1 saturated heterocycles. The molecule has 0 radical (unpaired) electrons. The number of ether oxygens (including phenoxy) is 1. The summed E-state index contributed by atoms with van der Waals surface area (Å²) in [5.74, 6) is 1.41. The van der Waals surface area contributed by atoms with E-state index in [0.717, 1.165) is 36.5 Å². The number of aromatic nitrogens is 2. The summed E-state index contributed by atoms with van der Waals surface area (Å²) in [5, 5.41) is 4.19. The Hall–Kier alpha value is -2.73. The number of benzene rings is 1. The van der Waals surface area contributed by atoms with Crippen LogP contribution in [-0.4, -0.2) is 35.8 Å². The zero-order valence-electron chi connectivity index (χ0n) is 14.7. The zero-order chi connectivity index (χ0) is 17.9. The van der Waals surface area contributed by atoms with Crippen molar-refractivity contribution < 1.29 is 9.13 Å². The number of nitrogens with zero attached hydrogens (tertiary/aromatic N) is 3. The van der Waals surface area contributed by atoms with Gasteiger partial charge in [0.15, 0.2) is 0 Å². The Labute approximate surface area is 151 Å². The molecule has 4 rings (SSSR count). The highest BCUT2D eigenvalue weighted by atomic mass is 19.1. The van der Waals surface area contributed by atoms with E-state index in [4.69, 9.17) is 4.74 Å². The SMILES string of the molecule is C[C@@H]1CN(c2ccc(CNc3ccc4ccc(F)cc4n3)cn2)CCO1. The summed E-state index contributed by atoms with van der Waals surface area (Å²) in [6, 6.07) is 12.6. The highest BCUT2D eigenvalue weighted by Crippen LogP contribution is 2.18. The third kappa shape index (κ3) is 3.75. The van der Waals surface area contributed by atoms with Crippen molar-refractivity contribution >= 4 is 22.5 Å². The lowest BCUT2D eigenvalue weighted by Gasteiger charge is -2.32. The predicted molar refractivity (Wildman–Crippen MR) is 101 cm³/mol. The number of hydrogen-bond donors (Lipinski definition) is 1. The molecule has 1 aromatic carbocycles. The second-order valence-electron chi connectivity index (χ2n) is 6.54. The van der Waals surface area contributed by atoms with Crippen LogP contribution in [0, 0.1) is 5.82 Å². The van der Waals surface area contributed by atoms with Crippen molar-refractivity contribution in [3.05, 3.63) is 60.0 Å². The molecule has 0 spiro atoms. The van der Waals surface area contributed by atoms with E-state index in [1.165, 1.54) is 12.1 Å². The molecular weight excluding hydrogens is 331 g/mol. The fourth-order valence-electron chi connectivity index (χ4n) is 3.12. The Kier molecular flexibility index (Phi) is 4.67. The van der Waals surface area contributed by atoms with Gasteiger partial charge in [0.1, 0.15) is 17.5 Å². The molecule has 3 aromatic rings. The van der Waals surface area contributed by atoms with Gasteiger partial charge in [0.25, 0.3) is 0 Å². The topological polar surface area (TPSA) is 50.3 Å². The van der Waals surface area contributed by atoms with Crippen molar-refractivity contribution in [1.29, 1.82) is 0 Å². The Morgan fingerprint density at radius 2 is 2.12 bits per heavy atom. The molecule has 1 aliphatic heterocycles. The van der Waals surface area contributed by atoms with Gasteiger partial charge in [-0.3, -0.25) is 0 Å². The van der Waals surface area contributed by atoms with Crippen molar-refractivity contribution in [1.82, 2.24) is 9.97 Å². The maximum absolute atomic E-state index is 13.4. The standard InChI is InChI=1S/C20H21FN4O/c1-14-13-25(8-9-26-14)20-7-2-15(12-23-20)11-22-19-6-4-16-3-5-17(21)10-18(16)24-19/h2-7,10,12,14H,8-9,11,13H2,1H3,(H,22,24)/t14-/m1/s1. The van der Waals surface area contributed by atoms with E-state index in [2.05, 4.69) is 33.2 Å². The van der Waals surface area contributed by atoms with Crippen molar-refractivity contribution in [3.8, 4) is 0 Å². The Balaban J connectivity index is 1.41. The van der Waals surface area contributed by atoms with E-state index in [9.17, 15) is 4.39 Å². The summed E-state index contributed by atoms with van der Waals surface area (Å²) in [6.45, 7) is 5.16. The molecule has 0 aliphatic carbocycles. The first-order valence-electron chi connectivity index (χ1n) is 8.79. The van der Waals surface area contributed by atoms with Crippen LogP contribution in [0.3, 0.4) is 0 Å². The summed E-state index contributed by atoms with van der Waals surface area (Å²) < 4.78 is 18.9. The normalized spacial score (nSPS) is 17.5. The number of fused-ring (bicyclic) bond motifs is 1. The van der Waals surface area contributed by atoms with Crippen LogP contribution in [0.5, 0.6) is 0 Å². The molecule has 134 valence electrons. The lowest BCUT2D eigenvalue weighted by Crippen LogP contribution is -2.41. The largest absolute Gasteiger partial charge is 0.375 e. The molecule has 0 amide bonds. The molecule has 6 heteroatoms. The molecule has 3 heterocycles. The number of nitrogens with one attached hydrogen (secondary N) is 1. The summed E-state index contributed by atoms with van der Waals surface area (Å²) >= 11 is 0. The Morgan fingerprint density at radius 3 is 2.92 bits per heavy atom. The number of morpholine rings is 1. The average Bonchev–Trinajstić information content (AvgIpc) is 2.66. The minimum absolute atomic E-state index is 0.232. The van der Waals surface area contributed by atoms with Gasteiger partial charge in [-0.15, -0.1) is 0 Å². The van der Waals surface area contributed by atoms with Crippen LogP contribution in [0.1, 0.15) is 12.5 Å². The Bertz CT molecular complexity index is 900. The molecule has 2 aromatic heterocycles. The highest BCUT2D eigenvalue weighted by molar-refractivity contribution is 5.80. The third-order valence-electron chi connectivity index (χ3n) is 4.50. The van der Waals surface area contributed by atoms with E-state index in [-0.39, 0.29) is 11.9 Å². The van der Waals surface area contributed by atoms with Gasteiger partial charge in [0.2, 0.25) is 0 Å². The first kappa shape index (κ1) is 16.7. The molecule has 0 saturated carbocycles. The first-order valence-corrected chi connectivity index (χ1v) is 8.79. The molecule has 1 N–H and O–H groups in total. The molecule has 1 aliphatic rings. The molecule has 26 heavy (non-hydrogen) atoms. The number of hydrogen-bond acceptors (Lipinski definition) is 5. The maximum atomic E-state index is 13.4. The quantitative estimate of drug-likeness (QED) is 0.777. The molecule has 0 unspecified atom stereocenters. The van der Waals surface area contributed by atoms with Gasteiger partial charge in [-0.05, 0) is 42.8 Å². The van der Waals surface area contributed by atoms with Crippen molar-refractivity contribution in [2.45, 2.75) is 19.6 Å². The number of halogens is 1. The van der Waals surface area contributed by atoms with E-state index >= 15 is 0 Å². The van der Waals surface area contributed by atoms with Crippen LogP contribution in [0.4, 0.5) is 16.0 Å². The molecule has 5 nitrogen and oxygen atoms in total. The van der Waals surface area contributed by atoms with E-state index in [0.29, 0.717) is 17.9 Å². The van der Waals surface area contributed by atoms with Gasteiger partial charge < -0.3 is 15.0 Å². The van der Waals surface area contributed by atoms with Crippen LogP contribution in [0.25, 0.3) is 10.9 Å². The fraction of sp³-hybridized carbons (Fsp3) is 0.300. The summed E-state index contributed by atoms with van der Waals surface area (Å²) in [5.41, 5.74) is 1.71. The third-order valence-corrected chi connectivity index (χ3v) is 4.50. The first-order chi connectivity index (χ1) is 12.7. The fourth-order valence-corrected chi connectivity index (χ4v) is 3.12. The van der Waals surface area contributed by atoms with Crippen molar-refractivity contribution in [2.24, 2.45) is 0 Å². The zero-order valence-corrected chi connectivity index (χ0v) is 14.7. The second kappa shape index (κ2) is 7.25. The van der Waals surface area contributed by atoms with Crippen molar-refractivity contribution in [3.63, 3.8) is 0 Å². The van der Waals surface area contributed by atoms with E-state index < -0.39 is 0 Å². The summed E-state index contributed by atoms with van der Waals surface area (Å²) in [4.78, 5) is 11.3. The number of anilines is 2. The predicted octanol–water partition coefficient (Wildman–Crippen LogP) is 3.61. The van der Waals surface area contributed by atoms with Crippen LogP contribution < -0.4 is 10.2 Å². The van der Waals surface area contributed by atoms with Crippen LogP contribution in [0.15, 0.2) is 48.7 Å². The molecule has 1 atom stereocenters. The Morgan fingerprint density at radius 1 is 1.23 bits per heavy atom. The lowest BCUT2D eigenvalue weighted by molar-refractivity contribution is 0.0529. The van der Waals surface area contributed by atoms with E-state index in [1.807, 2.05) is 24.4 Å². The van der Waals surface area contributed by atoms with Crippen LogP contribution >= 0.6 is 0 Å². The van der Waals surface area contributed by atoms with Gasteiger partial charge in [-0.1, -0.05) is 6.07 Å². The van der Waals surface area contributed by atoms with Crippen LogP contribution in [0.2, 0.25) is 0 Å². The highest BCUT2D eigenvalue weighted by Gasteiger charge is 2.17. The second-order valence-corrected chi connectivity index (χ2v) is 6.54. The van der Waals surface area contributed by atoms with Gasteiger partial charge in [-0.2, -0.15) is 0 Å². The monoisotopic (exact) mass is 352 g/mol. The summed E-state index contributed by atoms with van der Waals surface area (Å²) in [6.07, 6.45) is 2.11. The average molecular weight is 352 g/mol. The minimum Gasteiger partial charge on any atom is -0.375 e. The number of pyridine rings is 2. The molecule has 1 fully saturated rings. The van der Waals surface area contributed by atoms with Gasteiger partial charge in [0, 0.05) is 37.3 Å². The number of rotatable bonds is 4. The van der Waals surface area contributed by atoms with E-state index in [1.54, 1.807) is 6.07 Å². The smallest absolute Gasteiger partial charge is 0.128 e. The van der Waals surface area contributed by atoms with Crippen molar-refractivity contribution in [2.75, 3.05) is 29.9 Å².